The molecule has 0 amide bonds. The number of hydrogen-bond donors (Lipinski definition) is 0. The molecule has 37 heavy (non-hydrogen) atoms. The second kappa shape index (κ2) is 14.1. The first-order chi connectivity index (χ1) is 17.8. The minimum absolute atomic E-state index is 0.00730. The van der Waals surface area contributed by atoms with Crippen LogP contribution < -0.4 is 5.01 Å². The number of hydrazone groups is 1. The molecule has 2 atom stereocenters. The summed E-state index contributed by atoms with van der Waals surface area (Å²) in [6.07, 6.45) is 1.71. The molecule has 2 aliphatic heterocycles. The summed E-state index contributed by atoms with van der Waals surface area (Å²) in [6, 6.07) is 29.9. The molecular formula is C30H35ClN3O2Ru. The first-order valence-electron chi connectivity index (χ1n) is 12.3. The molecule has 0 spiro atoms. The predicted molar refractivity (Wildman–Crippen MR) is 148 cm³/mol. The van der Waals surface area contributed by atoms with E-state index in [2.05, 4.69) is 78.0 Å². The molecule has 0 aromatic heterocycles. The van der Waals surface area contributed by atoms with Crippen LogP contribution in [-0.2, 0) is 26.8 Å². The number of ether oxygens (including phenoxy) is 2. The Kier molecular flexibility index (Phi) is 11.1. The van der Waals surface area contributed by atoms with E-state index in [0.29, 0.717) is 12.5 Å². The van der Waals surface area contributed by atoms with Crippen LogP contribution in [0.15, 0.2) is 84.0 Å². The van der Waals surface area contributed by atoms with E-state index in [-0.39, 0.29) is 12.1 Å². The average molecular weight is 606 g/mol. The molecule has 5 nitrogen and oxygen atoms in total. The van der Waals surface area contributed by atoms with Crippen molar-refractivity contribution in [3.63, 3.8) is 0 Å². The average Bonchev–Trinajstić information content (AvgIpc) is 3.41. The molecule has 3 aromatic carbocycles. The molecule has 0 bridgehead atoms. The van der Waals surface area contributed by atoms with Crippen LogP contribution in [0.4, 0.5) is 5.69 Å². The summed E-state index contributed by atoms with van der Waals surface area (Å²) in [5, 5.41) is 6.27. The van der Waals surface area contributed by atoms with Gasteiger partial charge in [0.1, 0.15) is 6.10 Å². The van der Waals surface area contributed by atoms with Crippen LogP contribution in [0.3, 0.4) is 0 Å². The van der Waals surface area contributed by atoms with E-state index in [9.17, 15) is 0 Å². The van der Waals surface area contributed by atoms with Crippen LogP contribution in [0.25, 0.3) is 0 Å². The van der Waals surface area contributed by atoms with E-state index in [1.807, 2.05) is 96.5 Å². The Morgan fingerprint density at radius 1 is 1.03 bits per heavy atom. The Balaban J connectivity index is 0.000000266. The van der Waals surface area contributed by atoms with Crippen molar-refractivity contribution in [2.45, 2.75) is 58.5 Å². The Bertz CT molecular complexity index is 1090. The van der Waals surface area contributed by atoms with Gasteiger partial charge in [0, 0.05) is 0 Å². The standard InChI is InChI=1S/C20H21N3O2.C10H14.ClH.Ru/c1-20(2)24-13-18(19(25-20)16-9-5-3-6-10-16)22-14-21-23(15-22)17-11-7-4-8-12-17;1-8(2)10-6-4-9(3)5-7-10;;/h3-11,14-15,18-19H,13H2,1-2H3;4-8H,1-3H3;1H;/q-2;;;+3/p-1/t18-,19-;;;/m0.../s1. The van der Waals surface area contributed by atoms with Crippen LogP contribution in [0.5, 0.6) is 0 Å². The van der Waals surface area contributed by atoms with Gasteiger partial charge in [0.05, 0.1) is 19.0 Å². The first kappa shape index (κ1) is 29.3. The SMILES string of the molecule is CC1(C)OC[C@H](N2C=NN(c3[c-]cccc3)[CH-]2)[C@H](c2ccccc2)O1.Cc1ccc(C(C)C)cc1.[Cl][Ru+2]. The minimum atomic E-state index is -0.610. The summed E-state index contributed by atoms with van der Waals surface area (Å²) in [5.74, 6) is 0.0430. The molecule has 2 heterocycles. The van der Waals surface area contributed by atoms with Crippen molar-refractivity contribution < 1.29 is 26.8 Å². The van der Waals surface area contributed by atoms with Gasteiger partial charge in [-0.25, -0.2) is 0 Å². The van der Waals surface area contributed by atoms with E-state index >= 15 is 0 Å². The van der Waals surface area contributed by atoms with Gasteiger partial charge in [-0.1, -0.05) is 79.7 Å². The van der Waals surface area contributed by atoms with Crippen LogP contribution in [-0.4, -0.2) is 29.7 Å². The van der Waals surface area contributed by atoms with Crippen molar-refractivity contribution in [2.24, 2.45) is 5.10 Å². The number of aryl methyl sites for hydroxylation is 1. The summed E-state index contributed by atoms with van der Waals surface area (Å²) in [4.78, 5) is 2.05. The van der Waals surface area contributed by atoms with Gasteiger partial charge in [-0.2, -0.15) is 29.4 Å². The number of hydrogen-bond acceptors (Lipinski definition) is 5. The summed E-state index contributed by atoms with van der Waals surface area (Å²) in [7, 11) is 4.57. The van der Waals surface area contributed by atoms with Gasteiger partial charge in [-0.15, -0.1) is 12.7 Å². The third kappa shape index (κ3) is 8.38. The molecule has 0 N–H and O–H groups in total. The van der Waals surface area contributed by atoms with Gasteiger partial charge in [-0.3, -0.25) is 0 Å². The number of rotatable bonds is 4. The molecule has 0 aliphatic carbocycles. The maximum atomic E-state index is 6.25. The molecule has 0 unspecified atom stereocenters. The fraction of sp³-hybridized carbons (Fsp3) is 0.333. The zero-order chi connectivity index (χ0) is 26.8. The zero-order valence-corrected chi connectivity index (χ0v) is 24.5. The topological polar surface area (TPSA) is 37.3 Å². The van der Waals surface area contributed by atoms with Gasteiger partial charge in [-0.05, 0) is 37.8 Å². The monoisotopic (exact) mass is 606 g/mol. The Morgan fingerprint density at radius 3 is 2.32 bits per heavy atom. The summed E-state index contributed by atoms with van der Waals surface area (Å²) in [6.45, 7) is 13.0. The zero-order valence-electron chi connectivity index (χ0n) is 22.0. The molecular weight excluding hydrogens is 571 g/mol. The van der Waals surface area contributed by atoms with Gasteiger partial charge in [0.2, 0.25) is 0 Å². The van der Waals surface area contributed by atoms with Crippen molar-refractivity contribution in [2.75, 3.05) is 11.6 Å². The normalized spacial score (nSPS) is 20.1. The quantitative estimate of drug-likeness (QED) is 0.230. The first-order valence-corrected chi connectivity index (χ1v) is 14.6. The van der Waals surface area contributed by atoms with Crippen molar-refractivity contribution >= 4 is 21.7 Å². The number of halogens is 1. The molecule has 7 heteroatoms. The summed E-state index contributed by atoms with van der Waals surface area (Å²) < 4.78 is 12.2. The second-order valence-corrected chi connectivity index (χ2v) is 9.68. The third-order valence-electron chi connectivity index (χ3n) is 6.11. The number of para-hydroxylation sites is 1. The number of anilines is 1. The number of benzene rings is 3. The van der Waals surface area contributed by atoms with Crippen molar-refractivity contribution in [3.05, 3.63) is 108 Å². The maximum absolute atomic E-state index is 6.25. The second-order valence-electron chi connectivity index (χ2n) is 9.68. The molecule has 5 rings (SSSR count). The molecule has 3 aromatic rings. The van der Waals surface area contributed by atoms with E-state index in [1.54, 1.807) is 0 Å². The van der Waals surface area contributed by atoms with Gasteiger partial charge >= 0.3 is 27.0 Å². The fourth-order valence-electron chi connectivity index (χ4n) is 4.04. The Morgan fingerprint density at radius 2 is 1.70 bits per heavy atom. The third-order valence-corrected chi connectivity index (χ3v) is 6.11. The number of nitrogens with zero attached hydrogens (tertiary/aromatic N) is 3. The van der Waals surface area contributed by atoms with Gasteiger partial charge in [0.15, 0.2) is 5.79 Å². The van der Waals surface area contributed by atoms with Crippen molar-refractivity contribution in [1.82, 2.24) is 4.90 Å². The van der Waals surface area contributed by atoms with Gasteiger partial charge in [0.25, 0.3) is 0 Å². The van der Waals surface area contributed by atoms with Crippen LogP contribution in [0, 0.1) is 19.7 Å². The Hall–Kier alpha value is -2.24. The summed E-state index contributed by atoms with van der Waals surface area (Å²) in [5.41, 5.74) is 4.79. The fourth-order valence-corrected chi connectivity index (χ4v) is 4.04. The van der Waals surface area contributed by atoms with Crippen molar-refractivity contribution in [3.8, 4) is 0 Å². The molecule has 0 radical (unpaired) electrons. The van der Waals surface area contributed by atoms with Crippen LogP contribution in [0.1, 0.15) is 56.4 Å². The molecule has 0 saturated carbocycles. The van der Waals surface area contributed by atoms with E-state index in [4.69, 9.17) is 9.47 Å². The Labute approximate surface area is 236 Å². The van der Waals surface area contributed by atoms with Gasteiger partial charge < -0.3 is 19.4 Å². The summed E-state index contributed by atoms with van der Waals surface area (Å²) >= 11 is 1.82. The van der Waals surface area contributed by atoms with E-state index < -0.39 is 5.79 Å². The molecule has 1 saturated heterocycles. The van der Waals surface area contributed by atoms with Crippen LogP contribution in [0.2, 0.25) is 0 Å². The molecule has 1 fully saturated rings. The molecule has 2 aliphatic rings. The predicted octanol–water partition coefficient (Wildman–Crippen LogP) is 7.37. The van der Waals surface area contributed by atoms with Crippen LogP contribution >= 0.6 is 9.69 Å². The van der Waals surface area contributed by atoms with E-state index in [1.165, 1.54) is 11.1 Å². The molecule has 197 valence electrons. The van der Waals surface area contributed by atoms with Crippen molar-refractivity contribution in [1.29, 1.82) is 0 Å². The van der Waals surface area contributed by atoms with E-state index in [0.717, 1.165) is 11.3 Å².